The van der Waals surface area contributed by atoms with Gasteiger partial charge in [0.15, 0.2) is 0 Å². The molecule has 0 N–H and O–H groups in total. The van der Waals surface area contributed by atoms with Gasteiger partial charge < -0.3 is 9.13 Å². The van der Waals surface area contributed by atoms with Crippen molar-refractivity contribution in [2.24, 2.45) is 0 Å². The summed E-state index contributed by atoms with van der Waals surface area (Å²) >= 11 is 1.89. The van der Waals surface area contributed by atoms with Gasteiger partial charge in [0.2, 0.25) is 0 Å². The third-order valence-corrected chi connectivity index (χ3v) is 12.9. The Balaban J connectivity index is 1.11. The Morgan fingerprint density at radius 3 is 1.74 bits per heavy atom. The van der Waals surface area contributed by atoms with Gasteiger partial charge in [-0.2, -0.15) is 0 Å². The van der Waals surface area contributed by atoms with Gasteiger partial charge in [-0.05, 0) is 94.5 Å². The van der Waals surface area contributed by atoms with E-state index in [1.807, 2.05) is 11.3 Å². The summed E-state index contributed by atoms with van der Waals surface area (Å²) in [6, 6.07) is 75.7. The average molecular weight is 743 g/mol. The molecular formula is C54H34N2S. The Bertz CT molecular complexity index is 3510. The number of aromatic nitrogens is 2. The second kappa shape index (κ2) is 12.7. The summed E-state index contributed by atoms with van der Waals surface area (Å²) in [4.78, 5) is 0. The van der Waals surface area contributed by atoms with E-state index >= 15 is 0 Å². The highest BCUT2D eigenvalue weighted by Gasteiger charge is 2.20. The highest BCUT2D eigenvalue weighted by molar-refractivity contribution is 7.26. The van der Waals surface area contributed by atoms with E-state index in [2.05, 4.69) is 215 Å². The molecule has 0 radical (unpaired) electrons. The Morgan fingerprint density at radius 2 is 0.895 bits per heavy atom. The molecule has 0 amide bonds. The van der Waals surface area contributed by atoms with Gasteiger partial charge in [0, 0.05) is 58.7 Å². The van der Waals surface area contributed by atoms with Crippen LogP contribution in [0.15, 0.2) is 206 Å². The van der Waals surface area contributed by atoms with E-state index in [1.165, 1.54) is 103 Å². The Morgan fingerprint density at radius 1 is 0.298 bits per heavy atom. The maximum absolute atomic E-state index is 2.49. The van der Waals surface area contributed by atoms with Crippen molar-refractivity contribution in [3.63, 3.8) is 0 Å². The third kappa shape index (κ3) is 4.96. The van der Waals surface area contributed by atoms with Crippen LogP contribution in [-0.4, -0.2) is 9.13 Å². The monoisotopic (exact) mass is 742 g/mol. The summed E-state index contributed by atoms with van der Waals surface area (Å²) in [5.74, 6) is 0. The fourth-order valence-electron chi connectivity index (χ4n) is 9.19. The fourth-order valence-corrected chi connectivity index (χ4v) is 10.4. The maximum Gasteiger partial charge on any atom is 0.0547 e. The molecule has 3 aromatic heterocycles. The van der Waals surface area contributed by atoms with Crippen molar-refractivity contribution in [2.75, 3.05) is 0 Å². The molecule has 0 aliphatic rings. The van der Waals surface area contributed by atoms with Crippen LogP contribution in [0.4, 0.5) is 0 Å². The van der Waals surface area contributed by atoms with E-state index < -0.39 is 0 Å². The molecule has 0 saturated heterocycles. The molecule has 266 valence electrons. The minimum atomic E-state index is 1.16. The number of nitrogens with zero attached hydrogens (tertiary/aromatic N) is 2. The quantitative estimate of drug-likeness (QED) is 0.166. The zero-order valence-corrected chi connectivity index (χ0v) is 31.7. The number of fused-ring (bicyclic) bond motifs is 9. The lowest BCUT2D eigenvalue weighted by atomic mass is 9.97. The van der Waals surface area contributed by atoms with Crippen molar-refractivity contribution < 1.29 is 0 Å². The highest BCUT2D eigenvalue weighted by Crippen LogP contribution is 2.45. The van der Waals surface area contributed by atoms with Crippen LogP contribution in [0.25, 0.3) is 109 Å². The van der Waals surface area contributed by atoms with Crippen molar-refractivity contribution in [2.45, 2.75) is 0 Å². The number of para-hydroxylation sites is 3. The Kier molecular flexibility index (Phi) is 7.13. The molecule has 0 saturated carbocycles. The van der Waals surface area contributed by atoms with Gasteiger partial charge in [-0.15, -0.1) is 11.3 Å². The highest BCUT2D eigenvalue weighted by atomic mass is 32.1. The van der Waals surface area contributed by atoms with Crippen LogP contribution in [0.3, 0.4) is 0 Å². The molecule has 0 aliphatic carbocycles. The van der Waals surface area contributed by atoms with Crippen molar-refractivity contribution in [1.82, 2.24) is 9.13 Å². The SMILES string of the molecule is c1ccc(-c2cccc(-c3cc(-n4c5ccccc5c5c(-c6ccc7c(c6)c6ccccc6n7-c6ccccc6)cccc54)cc4c3sc3ccccc34)c2)cc1. The van der Waals surface area contributed by atoms with Gasteiger partial charge >= 0.3 is 0 Å². The van der Waals surface area contributed by atoms with Crippen molar-refractivity contribution in [3.8, 4) is 44.8 Å². The zero-order chi connectivity index (χ0) is 37.5. The number of benzene rings is 9. The summed E-state index contributed by atoms with van der Waals surface area (Å²) in [5.41, 5.74) is 14.5. The summed E-state index contributed by atoms with van der Waals surface area (Å²) in [7, 11) is 0. The zero-order valence-electron chi connectivity index (χ0n) is 30.9. The van der Waals surface area contributed by atoms with Crippen LogP contribution in [0.5, 0.6) is 0 Å². The number of hydrogen-bond donors (Lipinski definition) is 0. The molecule has 0 bridgehead atoms. The smallest absolute Gasteiger partial charge is 0.0547 e. The second-order valence-corrected chi connectivity index (χ2v) is 15.9. The second-order valence-electron chi connectivity index (χ2n) is 14.9. The van der Waals surface area contributed by atoms with Crippen molar-refractivity contribution >= 4 is 75.1 Å². The Hall–Kier alpha value is -7.20. The third-order valence-electron chi connectivity index (χ3n) is 11.7. The van der Waals surface area contributed by atoms with Crippen molar-refractivity contribution in [3.05, 3.63) is 206 Å². The normalized spacial score (nSPS) is 11.9. The van der Waals surface area contributed by atoms with E-state index in [0.717, 1.165) is 5.69 Å². The maximum atomic E-state index is 2.49. The molecule has 0 aliphatic heterocycles. The molecule has 12 rings (SSSR count). The molecular weight excluding hydrogens is 709 g/mol. The predicted octanol–water partition coefficient (Wildman–Crippen LogP) is 15.2. The van der Waals surface area contributed by atoms with E-state index in [4.69, 9.17) is 0 Å². The molecule has 0 fully saturated rings. The van der Waals surface area contributed by atoms with Crippen LogP contribution < -0.4 is 0 Å². The molecule has 0 unspecified atom stereocenters. The lowest BCUT2D eigenvalue weighted by molar-refractivity contribution is 1.18. The first-order valence-corrected chi connectivity index (χ1v) is 20.3. The lowest BCUT2D eigenvalue weighted by Gasteiger charge is -2.13. The van der Waals surface area contributed by atoms with Crippen molar-refractivity contribution in [1.29, 1.82) is 0 Å². The molecule has 2 nitrogen and oxygen atoms in total. The van der Waals surface area contributed by atoms with E-state index in [-0.39, 0.29) is 0 Å². The minimum absolute atomic E-state index is 1.16. The van der Waals surface area contributed by atoms with Crippen LogP contribution in [0, 0.1) is 0 Å². The molecule has 12 aromatic rings. The molecule has 57 heavy (non-hydrogen) atoms. The summed E-state index contributed by atoms with van der Waals surface area (Å²) < 4.78 is 7.50. The first-order chi connectivity index (χ1) is 28.3. The molecule has 3 heterocycles. The minimum Gasteiger partial charge on any atom is -0.309 e. The van der Waals surface area contributed by atoms with Gasteiger partial charge in [0.1, 0.15) is 0 Å². The first-order valence-electron chi connectivity index (χ1n) is 19.5. The molecule has 0 spiro atoms. The van der Waals surface area contributed by atoms with Crippen LogP contribution in [0.2, 0.25) is 0 Å². The van der Waals surface area contributed by atoms with Crippen LogP contribution in [0.1, 0.15) is 0 Å². The largest absolute Gasteiger partial charge is 0.309 e. The Labute approximate surface area is 333 Å². The molecule has 9 aromatic carbocycles. The van der Waals surface area contributed by atoms with Gasteiger partial charge in [-0.25, -0.2) is 0 Å². The predicted molar refractivity (Wildman–Crippen MR) is 244 cm³/mol. The standard InChI is InChI=1S/C54H34N2S/c1-3-15-35(16-4-1)36-17-13-18-37(31-36)45-33-40(34-47-43-22-9-12-28-52(43)57-54(45)47)56-49-26-11-8-23-44(49)53-41(24-14-27-51(53)56)38-29-30-50-46(32-38)42-21-7-10-25-48(42)55(50)39-19-5-2-6-20-39/h1-34H. The average Bonchev–Trinajstić information content (AvgIpc) is 3.94. The summed E-state index contributed by atoms with van der Waals surface area (Å²) in [6.07, 6.45) is 0. The topological polar surface area (TPSA) is 9.86 Å². The van der Waals surface area contributed by atoms with Gasteiger partial charge in [-0.1, -0.05) is 140 Å². The van der Waals surface area contributed by atoms with Crippen LogP contribution >= 0.6 is 11.3 Å². The van der Waals surface area contributed by atoms with Gasteiger partial charge in [0.05, 0.1) is 22.1 Å². The van der Waals surface area contributed by atoms with E-state index in [9.17, 15) is 0 Å². The number of hydrogen-bond acceptors (Lipinski definition) is 1. The summed E-state index contributed by atoms with van der Waals surface area (Å²) in [6.45, 7) is 0. The number of rotatable bonds is 5. The molecule has 3 heteroatoms. The fraction of sp³-hybridized carbons (Fsp3) is 0. The molecule has 0 atom stereocenters. The van der Waals surface area contributed by atoms with Gasteiger partial charge in [0.25, 0.3) is 0 Å². The lowest BCUT2D eigenvalue weighted by Crippen LogP contribution is -1.95. The number of thiophene rings is 1. The first kappa shape index (κ1) is 32.1. The van der Waals surface area contributed by atoms with Gasteiger partial charge in [-0.3, -0.25) is 0 Å². The van der Waals surface area contributed by atoms with Crippen LogP contribution in [-0.2, 0) is 0 Å². The van der Waals surface area contributed by atoms with E-state index in [1.54, 1.807) is 0 Å². The summed E-state index contributed by atoms with van der Waals surface area (Å²) in [5, 5.41) is 7.61. The van der Waals surface area contributed by atoms with E-state index in [0.29, 0.717) is 0 Å².